The number of halogens is 1. The molecule has 0 aliphatic heterocycles. The molecule has 0 bridgehead atoms. The quantitative estimate of drug-likeness (QED) is 0.411. The molecule has 1 heterocycles. The van der Waals surface area contributed by atoms with E-state index in [1.807, 2.05) is 42.6 Å². The fourth-order valence-electron chi connectivity index (χ4n) is 3.59. The Morgan fingerprint density at radius 2 is 1.77 bits per heavy atom. The lowest BCUT2D eigenvalue weighted by Crippen LogP contribution is -2.32. The predicted octanol–water partition coefficient (Wildman–Crippen LogP) is 5.27. The number of hydrogen-bond acceptors (Lipinski definition) is 2. The highest BCUT2D eigenvalue weighted by molar-refractivity contribution is 5.91. The van der Waals surface area contributed by atoms with Crippen LogP contribution in [-0.4, -0.2) is 24.7 Å². The van der Waals surface area contributed by atoms with E-state index in [9.17, 15) is 9.18 Å². The smallest absolute Gasteiger partial charge is 0.319 e. The Labute approximate surface area is 173 Å². The number of rotatable bonds is 6. The average Bonchev–Trinajstić information content (AvgIpc) is 3.19. The van der Waals surface area contributed by atoms with Gasteiger partial charge >= 0.3 is 6.03 Å². The Balaban J connectivity index is 1.57. The van der Waals surface area contributed by atoms with Crippen molar-refractivity contribution >= 4 is 22.6 Å². The molecule has 0 fully saturated rings. The minimum Gasteiger partial charge on any atom is -0.495 e. The number of carbonyl (C=O) groups excluding carboxylic acids is 1. The van der Waals surface area contributed by atoms with E-state index in [0.29, 0.717) is 18.0 Å². The maximum absolute atomic E-state index is 13.5. The SMILES string of the molecule is COc1ccccc1NC(=O)NCC(c1ccc(F)cc1)c1c[nH]c2ccccc12. The lowest BCUT2D eigenvalue weighted by molar-refractivity contribution is 0.251. The van der Waals surface area contributed by atoms with E-state index in [-0.39, 0.29) is 17.8 Å². The number of para-hydroxylation sites is 3. The van der Waals surface area contributed by atoms with Crippen molar-refractivity contribution in [3.05, 3.63) is 95.9 Å². The number of aromatic nitrogens is 1. The van der Waals surface area contributed by atoms with Gasteiger partial charge in [-0.2, -0.15) is 0 Å². The molecule has 1 atom stereocenters. The third kappa shape index (κ3) is 4.12. The van der Waals surface area contributed by atoms with Crippen LogP contribution in [0.15, 0.2) is 79.0 Å². The van der Waals surface area contributed by atoms with Gasteiger partial charge in [-0.1, -0.05) is 42.5 Å². The van der Waals surface area contributed by atoms with Crippen molar-refractivity contribution in [2.45, 2.75) is 5.92 Å². The summed E-state index contributed by atoms with van der Waals surface area (Å²) in [7, 11) is 1.56. The number of amides is 2. The summed E-state index contributed by atoms with van der Waals surface area (Å²) >= 11 is 0. The second kappa shape index (κ2) is 8.69. The van der Waals surface area contributed by atoms with Crippen LogP contribution in [0.3, 0.4) is 0 Å². The van der Waals surface area contributed by atoms with E-state index in [1.54, 1.807) is 31.4 Å². The molecule has 2 amide bonds. The first-order valence-electron chi connectivity index (χ1n) is 9.65. The topological polar surface area (TPSA) is 66.2 Å². The number of aromatic amines is 1. The van der Waals surface area contributed by atoms with E-state index in [1.165, 1.54) is 12.1 Å². The molecule has 3 aromatic carbocycles. The van der Waals surface area contributed by atoms with Crippen LogP contribution in [0.1, 0.15) is 17.0 Å². The molecule has 3 N–H and O–H groups in total. The number of hydrogen-bond donors (Lipinski definition) is 3. The van der Waals surface area contributed by atoms with Crippen LogP contribution in [0.4, 0.5) is 14.9 Å². The Kier molecular flexibility index (Phi) is 5.66. The Bertz CT molecular complexity index is 1150. The van der Waals surface area contributed by atoms with Crippen LogP contribution in [0, 0.1) is 5.82 Å². The number of anilines is 1. The summed E-state index contributed by atoms with van der Waals surface area (Å²) in [4.78, 5) is 15.8. The highest BCUT2D eigenvalue weighted by Gasteiger charge is 2.19. The highest BCUT2D eigenvalue weighted by Crippen LogP contribution is 2.31. The van der Waals surface area contributed by atoms with Crippen molar-refractivity contribution < 1.29 is 13.9 Å². The molecule has 1 unspecified atom stereocenters. The van der Waals surface area contributed by atoms with Crippen molar-refractivity contribution in [2.75, 3.05) is 19.0 Å². The fourth-order valence-corrected chi connectivity index (χ4v) is 3.59. The first-order valence-corrected chi connectivity index (χ1v) is 9.65. The minimum absolute atomic E-state index is 0.148. The van der Waals surface area contributed by atoms with Gasteiger partial charge in [0.05, 0.1) is 12.8 Å². The van der Waals surface area contributed by atoms with Gasteiger partial charge in [0.25, 0.3) is 0 Å². The molecule has 4 rings (SSSR count). The molecule has 0 aliphatic carbocycles. The van der Waals surface area contributed by atoms with Gasteiger partial charge < -0.3 is 20.4 Å². The predicted molar refractivity (Wildman–Crippen MR) is 117 cm³/mol. The summed E-state index contributed by atoms with van der Waals surface area (Å²) < 4.78 is 18.8. The summed E-state index contributed by atoms with van der Waals surface area (Å²) in [5.74, 6) is 0.142. The fraction of sp³-hybridized carbons (Fsp3) is 0.125. The van der Waals surface area contributed by atoms with E-state index < -0.39 is 0 Å². The minimum atomic E-state index is -0.341. The molecular weight excluding hydrogens is 381 g/mol. The number of benzene rings is 3. The Morgan fingerprint density at radius 1 is 1.03 bits per heavy atom. The standard InChI is InChI=1S/C24H22FN3O2/c1-30-23-9-5-4-8-22(23)28-24(29)27-14-19(16-10-12-17(25)13-11-16)20-15-26-21-7-3-2-6-18(20)21/h2-13,15,19,26H,14H2,1H3,(H2,27,28,29). The van der Waals surface area contributed by atoms with Gasteiger partial charge in [-0.25, -0.2) is 9.18 Å². The lowest BCUT2D eigenvalue weighted by atomic mass is 9.91. The van der Waals surface area contributed by atoms with Crippen LogP contribution in [0.5, 0.6) is 5.75 Å². The number of urea groups is 1. The normalized spacial score (nSPS) is 11.8. The Morgan fingerprint density at radius 3 is 2.57 bits per heavy atom. The van der Waals surface area contributed by atoms with Crippen LogP contribution in [0.25, 0.3) is 10.9 Å². The third-order valence-electron chi connectivity index (χ3n) is 5.09. The maximum Gasteiger partial charge on any atom is 0.319 e. The maximum atomic E-state index is 13.5. The number of fused-ring (bicyclic) bond motifs is 1. The van der Waals surface area contributed by atoms with Gasteiger partial charge in [0.2, 0.25) is 0 Å². The molecule has 0 saturated heterocycles. The van der Waals surface area contributed by atoms with E-state index in [2.05, 4.69) is 15.6 Å². The molecule has 1 aromatic heterocycles. The van der Waals surface area contributed by atoms with Crippen molar-refractivity contribution in [3.8, 4) is 5.75 Å². The molecule has 5 nitrogen and oxygen atoms in total. The first kappa shape index (κ1) is 19.5. The van der Waals surface area contributed by atoms with Crippen LogP contribution < -0.4 is 15.4 Å². The summed E-state index contributed by atoms with van der Waals surface area (Å²) in [6.07, 6.45) is 1.94. The van der Waals surface area contributed by atoms with Crippen LogP contribution in [0.2, 0.25) is 0 Å². The molecule has 4 aromatic rings. The molecule has 0 radical (unpaired) electrons. The second-order valence-electron chi connectivity index (χ2n) is 6.93. The van der Waals surface area contributed by atoms with Gasteiger partial charge in [-0.15, -0.1) is 0 Å². The number of carbonyl (C=O) groups is 1. The van der Waals surface area contributed by atoms with Gasteiger partial charge in [-0.3, -0.25) is 0 Å². The van der Waals surface area contributed by atoms with Crippen molar-refractivity contribution in [1.29, 1.82) is 0 Å². The van der Waals surface area contributed by atoms with Gasteiger partial charge in [-0.05, 0) is 41.5 Å². The average molecular weight is 403 g/mol. The van der Waals surface area contributed by atoms with Crippen LogP contribution in [-0.2, 0) is 0 Å². The number of methoxy groups -OCH3 is 1. The zero-order valence-corrected chi connectivity index (χ0v) is 16.5. The van der Waals surface area contributed by atoms with E-state index >= 15 is 0 Å². The second-order valence-corrected chi connectivity index (χ2v) is 6.93. The molecule has 0 aliphatic rings. The number of ether oxygens (including phenoxy) is 1. The zero-order chi connectivity index (χ0) is 20.9. The van der Waals surface area contributed by atoms with Crippen molar-refractivity contribution in [3.63, 3.8) is 0 Å². The number of nitrogens with one attached hydrogen (secondary N) is 3. The molecule has 0 spiro atoms. The van der Waals surface area contributed by atoms with Crippen molar-refractivity contribution in [2.24, 2.45) is 0 Å². The van der Waals surface area contributed by atoms with Crippen molar-refractivity contribution in [1.82, 2.24) is 10.3 Å². The molecular formula is C24H22FN3O2. The summed E-state index contributed by atoms with van der Waals surface area (Å²) in [5.41, 5.74) is 3.55. The Hall–Kier alpha value is -3.80. The third-order valence-corrected chi connectivity index (χ3v) is 5.09. The molecule has 30 heavy (non-hydrogen) atoms. The lowest BCUT2D eigenvalue weighted by Gasteiger charge is -2.19. The summed E-state index contributed by atoms with van der Waals surface area (Å²) in [6.45, 7) is 0.342. The van der Waals surface area contributed by atoms with Gasteiger partial charge in [0.1, 0.15) is 11.6 Å². The molecule has 6 heteroatoms. The van der Waals surface area contributed by atoms with Gasteiger partial charge in [0.15, 0.2) is 0 Å². The summed E-state index contributed by atoms with van der Waals surface area (Å²) in [5, 5.41) is 6.82. The summed E-state index contributed by atoms with van der Waals surface area (Å²) in [6, 6.07) is 21.2. The van der Waals surface area contributed by atoms with Crippen LogP contribution >= 0.6 is 0 Å². The highest BCUT2D eigenvalue weighted by atomic mass is 19.1. The monoisotopic (exact) mass is 403 g/mol. The number of H-pyrrole nitrogens is 1. The van der Waals surface area contributed by atoms with Gasteiger partial charge in [0, 0.05) is 29.6 Å². The molecule has 0 saturated carbocycles. The first-order chi connectivity index (χ1) is 14.7. The van der Waals surface area contributed by atoms with E-state index in [4.69, 9.17) is 4.74 Å². The zero-order valence-electron chi connectivity index (χ0n) is 16.5. The van der Waals surface area contributed by atoms with E-state index in [0.717, 1.165) is 22.0 Å². The largest absolute Gasteiger partial charge is 0.495 e. The molecule has 152 valence electrons.